The van der Waals surface area contributed by atoms with Crippen LogP contribution in [0.2, 0.25) is 0 Å². The Morgan fingerprint density at radius 3 is 2.93 bits per heavy atom. The summed E-state index contributed by atoms with van der Waals surface area (Å²) in [6, 6.07) is 0. The average Bonchev–Trinajstić information content (AvgIpc) is 2.56. The second-order valence-corrected chi connectivity index (χ2v) is 4.87. The van der Waals surface area contributed by atoms with Gasteiger partial charge in [-0.15, -0.1) is 0 Å². The molecule has 0 unspecified atom stereocenters. The molecule has 1 aromatic heterocycles. The summed E-state index contributed by atoms with van der Waals surface area (Å²) in [7, 11) is -3.09. The minimum Gasteiger partial charge on any atom is -0.451 e. The van der Waals surface area contributed by atoms with Crippen LogP contribution in [0.15, 0.2) is 17.1 Å². The van der Waals surface area contributed by atoms with E-state index in [1.54, 1.807) is 0 Å². The van der Waals surface area contributed by atoms with E-state index in [0.29, 0.717) is 19.4 Å². The minimum absolute atomic E-state index is 0.172. The van der Waals surface area contributed by atoms with Gasteiger partial charge in [0.15, 0.2) is 6.39 Å². The first kappa shape index (κ1) is 11.2. The second kappa shape index (κ2) is 5.11. The van der Waals surface area contributed by atoms with Crippen molar-refractivity contribution < 1.29 is 12.8 Å². The maximum Gasteiger partial charge on any atom is 0.211 e. The summed E-state index contributed by atoms with van der Waals surface area (Å²) >= 11 is 0. The molecule has 0 aromatic carbocycles. The Balaban J connectivity index is 2.28. The molecule has 1 heterocycles. The summed E-state index contributed by atoms with van der Waals surface area (Å²) in [4.78, 5) is 3.88. The summed E-state index contributed by atoms with van der Waals surface area (Å²) in [5, 5.41) is 0. The van der Waals surface area contributed by atoms with Gasteiger partial charge in [-0.2, -0.15) is 0 Å². The van der Waals surface area contributed by atoms with E-state index in [4.69, 9.17) is 4.42 Å². The SMILES string of the molecule is CCCS(=O)(=O)NCCc1cocn1. The first-order chi connectivity index (χ1) is 6.64. The molecule has 0 amide bonds. The summed E-state index contributed by atoms with van der Waals surface area (Å²) in [6.45, 7) is 2.20. The third-order valence-electron chi connectivity index (χ3n) is 1.66. The van der Waals surface area contributed by atoms with Gasteiger partial charge in [0.1, 0.15) is 6.26 Å². The van der Waals surface area contributed by atoms with Crippen molar-refractivity contribution in [2.24, 2.45) is 0 Å². The van der Waals surface area contributed by atoms with E-state index in [-0.39, 0.29) is 5.75 Å². The molecule has 0 bridgehead atoms. The van der Waals surface area contributed by atoms with E-state index in [2.05, 4.69) is 9.71 Å². The van der Waals surface area contributed by atoms with E-state index in [9.17, 15) is 8.42 Å². The van der Waals surface area contributed by atoms with Crippen molar-refractivity contribution in [2.45, 2.75) is 19.8 Å². The Morgan fingerprint density at radius 1 is 1.57 bits per heavy atom. The summed E-state index contributed by atoms with van der Waals surface area (Å²) in [5.41, 5.74) is 0.754. The molecule has 1 rings (SSSR count). The number of sulfonamides is 1. The highest BCUT2D eigenvalue weighted by Crippen LogP contribution is 1.95. The van der Waals surface area contributed by atoms with Crippen LogP contribution < -0.4 is 4.72 Å². The molecule has 0 saturated heterocycles. The Labute approximate surface area is 83.6 Å². The van der Waals surface area contributed by atoms with Gasteiger partial charge in [-0.25, -0.2) is 18.1 Å². The van der Waals surface area contributed by atoms with Crippen LogP contribution in [0.5, 0.6) is 0 Å². The third-order valence-corrected chi connectivity index (χ3v) is 3.25. The zero-order valence-corrected chi connectivity index (χ0v) is 8.88. The number of aromatic nitrogens is 1. The van der Waals surface area contributed by atoms with Crippen LogP contribution in [0.4, 0.5) is 0 Å². The monoisotopic (exact) mass is 218 g/mol. The van der Waals surface area contributed by atoms with Crippen molar-refractivity contribution in [1.29, 1.82) is 0 Å². The van der Waals surface area contributed by atoms with Crippen molar-refractivity contribution >= 4 is 10.0 Å². The Morgan fingerprint density at radius 2 is 2.36 bits per heavy atom. The number of oxazole rings is 1. The van der Waals surface area contributed by atoms with Crippen LogP contribution in [0.25, 0.3) is 0 Å². The molecule has 80 valence electrons. The third kappa shape index (κ3) is 3.89. The molecular formula is C8H14N2O3S. The van der Waals surface area contributed by atoms with Crippen LogP contribution in [-0.2, 0) is 16.4 Å². The zero-order chi connectivity index (χ0) is 10.4. The topological polar surface area (TPSA) is 72.2 Å². The van der Waals surface area contributed by atoms with Gasteiger partial charge in [0.25, 0.3) is 0 Å². The molecule has 6 heteroatoms. The van der Waals surface area contributed by atoms with Crippen molar-refractivity contribution in [3.8, 4) is 0 Å². The fourth-order valence-electron chi connectivity index (χ4n) is 1.04. The number of nitrogens with one attached hydrogen (secondary N) is 1. The molecule has 1 N–H and O–H groups in total. The number of rotatable bonds is 6. The maximum absolute atomic E-state index is 11.2. The zero-order valence-electron chi connectivity index (χ0n) is 8.06. The minimum atomic E-state index is -3.09. The fourth-order valence-corrected chi connectivity index (χ4v) is 2.13. The van der Waals surface area contributed by atoms with Gasteiger partial charge in [-0.3, -0.25) is 0 Å². The first-order valence-corrected chi connectivity index (χ1v) is 6.13. The lowest BCUT2D eigenvalue weighted by Crippen LogP contribution is -2.28. The quantitative estimate of drug-likeness (QED) is 0.756. The lowest BCUT2D eigenvalue weighted by Gasteiger charge is -2.03. The van der Waals surface area contributed by atoms with Crippen LogP contribution in [-0.4, -0.2) is 25.7 Å². The van der Waals surface area contributed by atoms with Crippen LogP contribution >= 0.6 is 0 Å². The molecule has 0 radical (unpaired) electrons. The van der Waals surface area contributed by atoms with Crippen molar-refractivity contribution in [3.63, 3.8) is 0 Å². The molecule has 0 aliphatic rings. The normalized spacial score (nSPS) is 11.8. The molecule has 5 nitrogen and oxygen atoms in total. The van der Waals surface area contributed by atoms with Crippen molar-refractivity contribution in [3.05, 3.63) is 18.4 Å². The van der Waals surface area contributed by atoms with Gasteiger partial charge < -0.3 is 4.42 Å². The second-order valence-electron chi connectivity index (χ2n) is 2.94. The Bertz CT molecular complexity index is 345. The molecule has 0 atom stereocenters. The fraction of sp³-hybridized carbons (Fsp3) is 0.625. The predicted molar refractivity (Wildman–Crippen MR) is 52.3 cm³/mol. The highest BCUT2D eigenvalue weighted by molar-refractivity contribution is 7.89. The van der Waals surface area contributed by atoms with Crippen molar-refractivity contribution in [2.75, 3.05) is 12.3 Å². The lowest BCUT2D eigenvalue weighted by molar-refractivity contribution is 0.555. The number of nitrogens with zero attached hydrogens (tertiary/aromatic N) is 1. The van der Waals surface area contributed by atoms with E-state index < -0.39 is 10.0 Å². The summed E-state index contributed by atoms with van der Waals surface area (Å²) in [5.74, 6) is 0.172. The van der Waals surface area contributed by atoms with Crippen LogP contribution in [0, 0.1) is 0 Å². The van der Waals surface area contributed by atoms with Gasteiger partial charge in [-0.1, -0.05) is 6.92 Å². The lowest BCUT2D eigenvalue weighted by atomic mass is 10.3. The largest absolute Gasteiger partial charge is 0.451 e. The van der Waals surface area contributed by atoms with E-state index >= 15 is 0 Å². The Kier molecular flexibility index (Phi) is 4.09. The molecule has 14 heavy (non-hydrogen) atoms. The molecular weight excluding hydrogens is 204 g/mol. The predicted octanol–water partition coefficient (Wildman–Crippen LogP) is 0.546. The maximum atomic E-state index is 11.2. The highest BCUT2D eigenvalue weighted by atomic mass is 32.2. The molecule has 0 spiro atoms. The van der Waals surface area contributed by atoms with Gasteiger partial charge in [0.2, 0.25) is 10.0 Å². The molecule has 0 aliphatic carbocycles. The molecule has 0 saturated carbocycles. The molecule has 0 fully saturated rings. The highest BCUT2D eigenvalue weighted by Gasteiger charge is 2.07. The molecule has 1 aromatic rings. The summed E-state index contributed by atoms with van der Waals surface area (Å²) < 4.78 is 29.7. The Hall–Kier alpha value is -0.880. The number of hydrogen-bond acceptors (Lipinski definition) is 4. The summed E-state index contributed by atoms with van der Waals surface area (Å²) in [6.07, 6.45) is 4.02. The van der Waals surface area contributed by atoms with Crippen molar-refractivity contribution in [1.82, 2.24) is 9.71 Å². The van der Waals surface area contributed by atoms with Gasteiger partial charge in [-0.05, 0) is 6.42 Å². The van der Waals surface area contributed by atoms with Gasteiger partial charge in [0.05, 0.1) is 11.4 Å². The van der Waals surface area contributed by atoms with E-state index in [0.717, 1.165) is 5.69 Å². The van der Waals surface area contributed by atoms with E-state index in [1.807, 2.05) is 6.92 Å². The standard InChI is InChI=1S/C8H14N2O3S/c1-2-5-14(11,12)10-4-3-8-6-13-7-9-8/h6-7,10H,2-5H2,1H3. The smallest absolute Gasteiger partial charge is 0.211 e. The average molecular weight is 218 g/mol. The van der Waals surface area contributed by atoms with Gasteiger partial charge in [0, 0.05) is 13.0 Å². The molecule has 0 aliphatic heterocycles. The van der Waals surface area contributed by atoms with Crippen LogP contribution in [0.3, 0.4) is 0 Å². The van der Waals surface area contributed by atoms with E-state index in [1.165, 1.54) is 12.7 Å². The first-order valence-electron chi connectivity index (χ1n) is 4.48. The van der Waals surface area contributed by atoms with Gasteiger partial charge >= 0.3 is 0 Å². The van der Waals surface area contributed by atoms with Crippen LogP contribution in [0.1, 0.15) is 19.0 Å². The number of hydrogen-bond donors (Lipinski definition) is 1.